The number of fused-ring (bicyclic) bond motifs is 1. The Morgan fingerprint density at radius 2 is 2.00 bits per heavy atom. The van der Waals surface area contributed by atoms with Gasteiger partial charge in [-0.2, -0.15) is 0 Å². The van der Waals surface area contributed by atoms with E-state index in [-0.39, 0.29) is 17.3 Å². The fourth-order valence-electron chi connectivity index (χ4n) is 1.58. The first kappa shape index (κ1) is 8.74. The maximum Gasteiger partial charge on any atom is 0.230 e. The molecule has 1 aliphatic rings. The molecule has 0 atom stereocenters. The van der Waals surface area contributed by atoms with Crippen molar-refractivity contribution in [3.05, 3.63) is 34.9 Å². The Balaban J connectivity index is 2.66. The van der Waals surface area contributed by atoms with E-state index >= 15 is 0 Å². The van der Waals surface area contributed by atoms with Crippen LogP contribution < -0.4 is 0 Å². The molecule has 0 aliphatic heterocycles. The summed E-state index contributed by atoms with van der Waals surface area (Å²) in [5.74, 6) is -0.274. The number of allylic oxidation sites excluding steroid dienone is 2. The Morgan fingerprint density at radius 3 is 2.64 bits per heavy atom. The van der Waals surface area contributed by atoms with Crippen LogP contribution in [0.5, 0.6) is 0 Å². The predicted octanol–water partition coefficient (Wildman–Crippen LogP) is 1.31. The molecule has 72 valence electrons. The number of nitrogens with one attached hydrogen (secondary N) is 1. The van der Waals surface area contributed by atoms with E-state index < -0.39 is 0 Å². The van der Waals surface area contributed by atoms with Crippen LogP contribution in [-0.4, -0.2) is 23.7 Å². The smallest absolute Gasteiger partial charge is 0.230 e. The van der Waals surface area contributed by atoms with Gasteiger partial charge in [0.05, 0.1) is 18.4 Å². The molecule has 4 nitrogen and oxygen atoms in total. The monoisotopic (exact) mass is 191 g/mol. The summed E-state index contributed by atoms with van der Waals surface area (Å²) in [5, 5.41) is 0. The lowest BCUT2D eigenvalue weighted by molar-refractivity contribution is 0.0905. The number of hydrogen-bond donors (Lipinski definition) is 1. The van der Waals surface area contributed by atoms with Gasteiger partial charge in [0.15, 0.2) is 5.76 Å². The van der Waals surface area contributed by atoms with Gasteiger partial charge in [-0.3, -0.25) is 9.59 Å². The van der Waals surface area contributed by atoms with Gasteiger partial charge in [-0.15, -0.1) is 0 Å². The topological polar surface area (TPSA) is 59.2 Å². The zero-order valence-corrected chi connectivity index (χ0v) is 7.88. The molecular weight excluding hydrogens is 182 g/mol. The Hall–Kier alpha value is -1.84. The quantitative estimate of drug-likeness (QED) is 0.728. The van der Waals surface area contributed by atoms with E-state index in [9.17, 15) is 9.59 Å². The van der Waals surface area contributed by atoms with Crippen molar-refractivity contribution in [2.75, 3.05) is 7.11 Å². The van der Waals surface area contributed by atoms with Crippen LogP contribution in [0, 0.1) is 0 Å². The Kier molecular flexibility index (Phi) is 1.77. The molecule has 1 aromatic heterocycles. The van der Waals surface area contributed by atoms with Crippen molar-refractivity contribution < 1.29 is 14.3 Å². The summed E-state index contributed by atoms with van der Waals surface area (Å²) < 4.78 is 4.91. The van der Waals surface area contributed by atoms with E-state index in [2.05, 4.69) is 4.98 Å². The number of ether oxygens (including phenoxy) is 1. The number of carbonyl (C=O) groups is 2. The van der Waals surface area contributed by atoms with Crippen molar-refractivity contribution >= 4 is 11.6 Å². The van der Waals surface area contributed by atoms with Crippen LogP contribution in [0.15, 0.2) is 23.6 Å². The van der Waals surface area contributed by atoms with Crippen molar-refractivity contribution in [2.45, 2.75) is 6.92 Å². The zero-order valence-electron chi connectivity index (χ0n) is 7.88. The number of methoxy groups -OCH3 is 1. The van der Waals surface area contributed by atoms with Gasteiger partial charge in [0.25, 0.3) is 0 Å². The minimum absolute atomic E-state index is 0.141. The summed E-state index contributed by atoms with van der Waals surface area (Å²) in [5.41, 5.74) is 1.10. The number of Topliss-reactive ketones (excluding diaryl/α,β-unsaturated/α-hetero) is 2. The first-order valence-corrected chi connectivity index (χ1v) is 4.18. The molecule has 0 spiro atoms. The first-order valence-electron chi connectivity index (χ1n) is 4.18. The number of aromatic amines is 1. The van der Waals surface area contributed by atoms with Crippen molar-refractivity contribution in [2.24, 2.45) is 0 Å². The molecule has 1 heterocycles. The lowest BCUT2D eigenvalue weighted by Crippen LogP contribution is -2.20. The molecule has 2 rings (SSSR count). The van der Waals surface area contributed by atoms with Crippen LogP contribution in [0.4, 0.5) is 0 Å². The zero-order chi connectivity index (χ0) is 10.3. The summed E-state index contributed by atoms with van der Waals surface area (Å²) in [6.07, 6.45) is 1.58. The second kappa shape index (κ2) is 2.83. The molecule has 0 aromatic carbocycles. The molecule has 0 fully saturated rings. The second-order valence-corrected chi connectivity index (χ2v) is 3.08. The third-order valence-electron chi connectivity index (χ3n) is 2.31. The SMILES string of the molecule is COC1=C(C)C(=O)c2[nH]ccc2C1=O. The minimum Gasteiger partial charge on any atom is -0.492 e. The molecule has 0 amide bonds. The Bertz CT molecular complexity index is 454. The highest BCUT2D eigenvalue weighted by molar-refractivity contribution is 6.25. The molecule has 0 saturated carbocycles. The van der Waals surface area contributed by atoms with Crippen LogP contribution in [0.25, 0.3) is 0 Å². The third kappa shape index (κ3) is 0.937. The number of carbonyl (C=O) groups excluding carboxylic acids is 2. The van der Waals surface area contributed by atoms with Crippen LogP contribution in [0.3, 0.4) is 0 Å². The minimum atomic E-state index is -0.235. The van der Waals surface area contributed by atoms with Crippen LogP contribution in [-0.2, 0) is 4.74 Å². The van der Waals surface area contributed by atoms with Gasteiger partial charge >= 0.3 is 0 Å². The molecule has 4 heteroatoms. The van der Waals surface area contributed by atoms with Crippen molar-refractivity contribution in [3.8, 4) is 0 Å². The normalized spacial score (nSPS) is 15.9. The lowest BCUT2D eigenvalue weighted by atomic mass is 9.94. The van der Waals surface area contributed by atoms with Gasteiger partial charge in [0, 0.05) is 11.8 Å². The molecule has 14 heavy (non-hydrogen) atoms. The van der Waals surface area contributed by atoms with E-state index in [1.54, 1.807) is 19.2 Å². The van der Waals surface area contributed by atoms with Crippen LogP contribution in [0.1, 0.15) is 27.8 Å². The third-order valence-corrected chi connectivity index (χ3v) is 2.31. The predicted molar refractivity (Wildman–Crippen MR) is 49.2 cm³/mol. The fraction of sp³-hybridized carbons (Fsp3) is 0.200. The van der Waals surface area contributed by atoms with Crippen molar-refractivity contribution in [3.63, 3.8) is 0 Å². The van der Waals surface area contributed by atoms with Crippen molar-refractivity contribution in [1.29, 1.82) is 0 Å². The molecule has 0 bridgehead atoms. The summed E-state index contributed by atoms with van der Waals surface area (Å²) in [6.45, 7) is 1.59. The van der Waals surface area contributed by atoms with Gasteiger partial charge in [-0.25, -0.2) is 0 Å². The van der Waals surface area contributed by atoms with E-state index in [1.807, 2.05) is 0 Å². The van der Waals surface area contributed by atoms with E-state index in [1.165, 1.54) is 7.11 Å². The highest BCUT2D eigenvalue weighted by atomic mass is 16.5. The number of H-pyrrole nitrogens is 1. The number of ketones is 2. The molecule has 0 saturated heterocycles. The van der Waals surface area contributed by atoms with Crippen LogP contribution in [0.2, 0.25) is 0 Å². The van der Waals surface area contributed by atoms with Gasteiger partial charge < -0.3 is 9.72 Å². The maximum atomic E-state index is 11.7. The van der Waals surface area contributed by atoms with Crippen molar-refractivity contribution in [1.82, 2.24) is 4.98 Å². The fourth-order valence-corrected chi connectivity index (χ4v) is 1.58. The molecule has 1 aliphatic carbocycles. The standard InChI is InChI=1S/C10H9NO3/c1-5-8(12)7-6(3-4-11-7)9(13)10(5)14-2/h3-4,11H,1-2H3. The average molecular weight is 191 g/mol. The summed E-state index contributed by atoms with van der Waals surface area (Å²) in [4.78, 5) is 26.1. The first-order chi connectivity index (χ1) is 6.66. The molecular formula is C10H9NO3. The number of hydrogen-bond acceptors (Lipinski definition) is 3. The largest absolute Gasteiger partial charge is 0.492 e. The molecule has 1 N–H and O–H groups in total. The van der Waals surface area contributed by atoms with Gasteiger partial charge in [0.1, 0.15) is 0 Å². The number of aromatic nitrogens is 1. The van der Waals surface area contributed by atoms with Gasteiger partial charge in [-0.05, 0) is 13.0 Å². The summed E-state index contributed by atoms with van der Waals surface area (Å²) in [6, 6.07) is 1.58. The van der Waals surface area contributed by atoms with Gasteiger partial charge in [-0.1, -0.05) is 0 Å². The number of rotatable bonds is 1. The van der Waals surface area contributed by atoms with Crippen LogP contribution >= 0.6 is 0 Å². The van der Waals surface area contributed by atoms with E-state index in [0.29, 0.717) is 16.8 Å². The lowest BCUT2D eigenvalue weighted by Gasteiger charge is -2.14. The summed E-state index contributed by atoms with van der Waals surface area (Å²) >= 11 is 0. The summed E-state index contributed by atoms with van der Waals surface area (Å²) in [7, 11) is 1.39. The Morgan fingerprint density at radius 1 is 1.29 bits per heavy atom. The van der Waals surface area contributed by atoms with E-state index in [0.717, 1.165) is 0 Å². The highest BCUT2D eigenvalue weighted by Crippen LogP contribution is 2.25. The highest BCUT2D eigenvalue weighted by Gasteiger charge is 2.31. The van der Waals surface area contributed by atoms with Gasteiger partial charge in [0.2, 0.25) is 11.6 Å². The molecule has 1 aromatic rings. The Labute approximate surface area is 80.6 Å². The maximum absolute atomic E-state index is 11.7. The average Bonchev–Trinajstić information content (AvgIpc) is 2.64. The molecule has 0 unspecified atom stereocenters. The molecule has 0 radical (unpaired) electrons. The second-order valence-electron chi connectivity index (χ2n) is 3.08. The van der Waals surface area contributed by atoms with E-state index in [4.69, 9.17) is 4.74 Å².